The third-order valence-electron chi connectivity index (χ3n) is 9.93. The minimum absolute atomic E-state index is 0.116. The van der Waals surface area contributed by atoms with Crippen LogP contribution in [0.5, 0.6) is 0 Å². The highest BCUT2D eigenvalue weighted by Gasteiger charge is 2.58. The van der Waals surface area contributed by atoms with Crippen LogP contribution in [0.25, 0.3) is 0 Å². The maximum Gasteiger partial charge on any atom is 0.257 e. The number of carbonyl (C=O) groups is 1. The first-order valence-corrected chi connectivity index (χ1v) is 14.9. The average Bonchev–Trinajstić information content (AvgIpc) is 3.73. The number of hydrogen-bond acceptors (Lipinski definition) is 6. The van der Waals surface area contributed by atoms with Gasteiger partial charge in [0.15, 0.2) is 0 Å². The van der Waals surface area contributed by atoms with Gasteiger partial charge in [0.2, 0.25) is 0 Å². The molecule has 0 bridgehead atoms. The van der Waals surface area contributed by atoms with Gasteiger partial charge in [0.1, 0.15) is 5.82 Å². The molecular formula is C33H42N4O3. The Balaban J connectivity index is 1.17. The molecule has 5 rings (SSSR count). The number of allylic oxidation sites excluding steroid dienone is 2. The van der Waals surface area contributed by atoms with E-state index in [-0.39, 0.29) is 18.4 Å². The number of aliphatic hydroxyl groups excluding tert-OH is 2. The largest absolute Gasteiger partial charge is 0.396 e. The molecule has 7 heteroatoms. The lowest BCUT2D eigenvalue weighted by atomic mass is 9.67. The third kappa shape index (κ3) is 5.94. The summed E-state index contributed by atoms with van der Waals surface area (Å²) in [5.74, 6) is 2.39. The van der Waals surface area contributed by atoms with Gasteiger partial charge in [-0.25, -0.2) is 4.98 Å². The van der Waals surface area contributed by atoms with Crippen LogP contribution in [-0.4, -0.2) is 34.3 Å². The van der Waals surface area contributed by atoms with Gasteiger partial charge in [-0.15, -0.1) is 0 Å². The SMILES string of the molecule is Cc1ccc(C(O)C(C)C2CCC(C34CCC(C#N)=CC3C4)CC2)cc1NC(=O)c1ccc(NCCCO)nc1. The van der Waals surface area contributed by atoms with Crippen molar-refractivity contribution < 1.29 is 15.0 Å². The predicted octanol–water partition coefficient (Wildman–Crippen LogP) is 6.16. The molecule has 2 fully saturated rings. The molecule has 0 saturated heterocycles. The quantitative estimate of drug-likeness (QED) is 0.267. The van der Waals surface area contributed by atoms with Crippen molar-refractivity contribution in [2.45, 2.75) is 71.3 Å². The zero-order valence-corrected chi connectivity index (χ0v) is 23.7. The van der Waals surface area contributed by atoms with E-state index in [0.29, 0.717) is 47.3 Å². The lowest BCUT2D eigenvalue weighted by Crippen LogP contribution is -2.29. The molecule has 7 nitrogen and oxygen atoms in total. The Morgan fingerprint density at radius 2 is 2.02 bits per heavy atom. The highest BCUT2D eigenvalue weighted by atomic mass is 16.3. The van der Waals surface area contributed by atoms with Crippen LogP contribution in [0.1, 0.15) is 85.9 Å². The molecular weight excluding hydrogens is 500 g/mol. The third-order valence-corrected chi connectivity index (χ3v) is 9.93. The zero-order chi connectivity index (χ0) is 28.3. The van der Waals surface area contributed by atoms with E-state index in [1.165, 1.54) is 25.7 Å². The molecule has 1 heterocycles. The summed E-state index contributed by atoms with van der Waals surface area (Å²) in [4.78, 5) is 17.2. The number of aryl methyl sites for hydroxylation is 1. The highest BCUT2D eigenvalue weighted by molar-refractivity contribution is 6.04. The van der Waals surface area contributed by atoms with Gasteiger partial charge in [-0.2, -0.15) is 5.26 Å². The van der Waals surface area contributed by atoms with E-state index in [1.54, 1.807) is 18.3 Å². The molecule has 4 unspecified atom stereocenters. The fraction of sp³-hybridized carbons (Fsp3) is 0.545. The predicted molar refractivity (Wildman–Crippen MR) is 157 cm³/mol. The first-order chi connectivity index (χ1) is 19.3. The van der Waals surface area contributed by atoms with Crippen LogP contribution in [0.3, 0.4) is 0 Å². The second-order valence-electron chi connectivity index (χ2n) is 12.2. The smallest absolute Gasteiger partial charge is 0.257 e. The summed E-state index contributed by atoms with van der Waals surface area (Å²) in [6.07, 6.45) is 11.9. The van der Waals surface area contributed by atoms with Gasteiger partial charge in [0.25, 0.3) is 5.91 Å². The lowest BCUT2D eigenvalue weighted by molar-refractivity contribution is 0.0511. The first kappa shape index (κ1) is 28.3. The Labute approximate surface area is 237 Å². The summed E-state index contributed by atoms with van der Waals surface area (Å²) in [6.45, 7) is 4.85. The maximum absolute atomic E-state index is 12.9. The number of anilines is 2. The van der Waals surface area contributed by atoms with Crippen LogP contribution in [0.2, 0.25) is 0 Å². The topological polar surface area (TPSA) is 118 Å². The molecule has 1 aromatic carbocycles. The Morgan fingerprint density at radius 1 is 1.23 bits per heavy atom. The van der Waals surface area contributed by atoms with Crippen LogP contribution in [0.4, 0.5) is 11.5 Å². The number of hydrogen-bond donors (Lipinski definition) is 4. The average molecular weight is 543 g/mol. The summed E-state index contributed by atoms with van der Waals surface area (Å²) < 4.78 is 0. The summed E-state index contributed by atoms with van der Waals surface area (Å²) in [5, 5.41) is 35.7. The van der Waals surface area contributed by atoms with Crippen molar-refractivity contribution in [3.8, 4) is 6.07 Å². The minimum Gasteiger partial charge on any atom is -0.396 e. The number of carbonyl (C=O) groups excluding carboxylic acids is 1. The van der Waals surface area contributed by atoms with Crippen LogP contribution in [-0.2, 0) is 0 Å². The maximum atomic E-state index is 12.9. The van der Waals surface area contributed by atoms with E-state index in [2.05, 4.69) is 34.7 Å². The van der Waals surface area contributed by atoms with Crippen LogP contribution < -0.4 is 10.6 Å². The van der Waals surface area contributed by atoms with Crippen molar-refractivity contribution >= 4 is 17.4 Å². The molecule has 0 radical (unpaired) electrons. The number of aromatic nitrogens is 1. The number of aliphatic hydroxyl groups is 2. The van der Waals surface area contributed by atoms with Crippen LogP contribution in [0.15, 0.2) is 48.2 Å². The fourth-order valence-electron chi connectivity index (χ4n) is 7.19. The number of benzene rings is 1. The molecule has 2 aromatic rings. The Bertz CT molecular complexity index is 1280. The Kier molecular flexibility index (Phi) is 8.58. The van der Waals surface area contributed by atoms with Crippen molar-refractivity contribution in [3.63, 3.8) is 0 Å². The fourth-order valence-corrected chi connectivity index (χ4v) is 7.19. The summed E-state index contributed by atoms with van der Waals surface area (Å²) in [6, 6.07) is 11.7. The van der Waals surface area contributed by atoms with Crippen molar-refractivity contribution in [2.24, 2.45) is 29.1 Å². The molecule has 3 aliphatic rings. The summed E-state index contributed by atoms with van der Waals surface area (Å²) >= 11 is 0. The molecule has 1 amide bonds. The molecule has 1 aromatic heterocycles. The number of rotatable bonds is 10. The van der Waals surface area contributed by atoms with Crippen molar-refractivity contribution in [1.82, 2.24) is 4.98 Å². The summed E-state index contributed by atoms with van der Waals surface area (Å²) in [7, 11) is 0. The number of nitriles is 1. The number of pyridine rings is 1. The second-order valence-corrected chi connectivity index (χ2v) is 12.2. The van der Waals surface area contributed by atoms with E-state index in [1.807, 2.05) is 25.1 Å². The molecule has 0 spiro atoms. The van der Waals surface area contributed by atoms with Crippen molar-refractivity contribution in [1.29, 1.82) is 5.26 Å². The van der Waals surface area contributed by atoms with Crippen LogP contribution in [0, 0.1) is 47.3 Å². The minimum atomic E-state index is -0.591. The Morgan fingerprint density at radius 3 is 2.70 bits per heavy atom. The normalized spacial score (nSPS) is 27.0. The van der Waals surface area contributed by atoms with Crippen molar-refractivity contribution in [2.75, 3.05) is 23.8 Å². The zero-order valence-electron chi connectivity index (χ0n) is 23.7. The first-order valence-electron chi connectivity index (χ1n) is 14.9. The molecule has 0 aliphatic heterocycles. The van der Waals surface area contributed by atoms with E-state index in [9.17, 15) is 15.2 Å². The molecule has 2 saturated carbocycles. The lowest BCUT2D eigenvalue weighted by Gasteiger charge is -2.39. The molecule has 4 atom stereocenters. The number of nitrogens with zero attached hydrogens (tertiary/aromatic N) is 2. The Hall–Kier alpha value is -3.21. The molecule has 3 aliphatic carbocycles. The van der Waals surface area contributed by atoms with Gasteiger partial charge in [0, 0.05) is 30.6 Å². The molecule has 40 heavy (non-hydrogen) atoms. The van der Waals surface area contributed by atoms with Gasteiger partial charge in [-0.3, -0.25) is 4.79 Å². The van der Waals surface area contributed by atoms with Crippen LogP contribution >= 0.6 is 0 Å². The summed E-state index contributed by atoms with van der Waals surface area (Å²) in [5.41, 5.74) is 4.35. The second kappa shape index (κ2) is 12.1. The van der Waals surface area contributed by atoms with Gasteiger partial charge in [0.05, 0.1) is 17.7 Å². The van der Waals surface area contributed by atoms with Crippen molar-refractivity contribution in [3.05, 3.63) is 64.9 Å². The number of fused-ring (bicyclic) bond motifs is 1. The number of amides is 1. The number of nitrogens with one attached hydrogen (secondary N) is 2. The standard InChI is InChI=1S/C33H42N4O3/c1-21-4-5-25(17-29(21)37-32(40)26-8-11-30(36-20-26)35-14-3-15-38)31(39)22(2)24-6-9-27(10-7-24)33-13-12-23(19-34)16-28(33)18-33/h4-5,8,11,16-17,20,22,24,27-28,31,38-39H,3,6-7,9-10,12-15,18H2,1-2H3,(H,35,36)(H,37,40). The molecule has 212 valence electrons. The van der Waals surface area contributed by atoms with Gasteiger partial charge < -0.3 is 20.8 Å². The van der Waals surface area contributed by atoms with E-state index in [4.69, 9.17) is 5.11 Å². The van der Waals surface area contributed by atoms with E-state index >= 15 is 0 Å². The highest BCUT2D eigenvalue weighted by Crippen LogP contribution is 2.67. The van der Waals surface area contributed by atoms with Gasteiger partial charge >= 0.3 is 0 Å². The molecule has 4 N–H and O–H groups in total. The van der Waals surface area contributed by atoms with E-state index < -0.39 is 6.10 Å². The van der Waals surface area contributed by atoms with Gasteiger partial charge in [-0.05, 0) is 117 Å². The van der Waals surface area contributed by atoms with E-state index in [0.717, 1.165) is 41.9 Å². The monoisotopic (exact) mass is 542 g/mol. The van der Waals surface area contributed by atoms with Gasteiger partial charge in [-0.1, -0.05) is 25.1 Å².